The summed E-state index contributed by atoms with van der Waals surface area (Å²) in [5, 5.41) is -0.210. The van der Waals surface area contributed by atoms with Crippen molar-refractivity contribution in [1.82, 2.24) is 0 Å². The monoisotopic (exact) mass is 221 g/mol. The van der Waals surface area contributed by atoms with Crippen molar-refractivity contribution in [3.63, 3.8) is 0 Å². The molecule has 1 fully saturated rings. The molecule has 1 atom stereocenters. The van der Waals surface area contributed by atoms with Gasteiger partial charge in [-0.25, -0.2) is 4.90 Å². The molecule has 2 rings (SSSR count). The van der Waals surface area contributed by atoms with E-state index < -0.39 is 0 Å². The van der Waals surface area contributed by atoms with E-state index in [9.17, 15) is 9.59 Å². The molecule has 1 aromatic carbocycles. The van der Waals surface area contributed by atoms with Crippen LogP contribution in [0.5, 0.6) is 0 Å². The van der Waals surface area contributed by atoms with Crippen molar-refractivity contribution in [2.45, 2.75) is 11.7 Å². The highest BCUT2D eigenvalue weighted by molar-refractivity contribution is 8.00. The van der Waals surface area contributed by atoms with Gasteiger partial charge in [0.15, 0.2) is 0 Å². The van der Waals surface area contributed by atoms with Gasteiger partial charge in [-0.15, -0.1) is 0 Å². The van der Waals surface area contributed by atoms with Crippen LogP contribution in [0.15, 0.2) is 30.3 Å². The van der Waals surface area contributed by atoms with E-state index in [1.54, 1.807) is 12.1 Å². The number of rotatable bonds is 2. The molecule has 0 N–H and O–H groups in total. The number of para-hydroxylation sites is 1. The van der Waals surface area contributed by atoms with Crippen LogP contribution in [0.2, 0.25) is 0 Å². The Morgan fingerprint density at radius 2 is 1.93 bits per heavy atom. The summed E-state index contributed by atoms with van der Waals surface area (Å²) < 4.78 is 0. The predicted molar refractivity (Wildman–Crippen MR) is 60.9 cm³/mol. The van der Waals surface area contributed by atoms with Gasteiger partial charge in [0, 0.05) is 6.42 Å². The molecular formula is C11H11NO2S. The highest BCUT2D eigenvalue weighted by atomic mass is 32.2. The molecular weight excluding hydrogens is 210 g/mol. The number of benzene rings is 1. The van der Waals surface area contributed by atoms with Crippen molar-refractivity contribution >= 4 is 29.3 Å². The highest BCUT2D eigenvalue weighted by Gasteiger charge is 2.38. The SMILES string of the molecule is CSC1CC(=O)N(c2ccccc2)C1=O. The zero-order chi connectivity index (χ0) is 10.8. The molecule has 0 saturated carbocycles. The molecule has 0 aliphatic carbocycles. The van der Waals surface area contributed by atoms with Crippen LogP contribution >= 0.6 is 11.8 Å². The normalized spacial score (nSPS) is 21.1. The fourth-order valence-electron chi connectivity index (χ4n) is 1.64. The minimum absolute atomic E-state index is 0.0984. The zero-order valence-electron chi connectivity index (χ0n) is 8.34. The molecule has 1 aliphatic rings. The lowest BCUT2D eigenvalue weighted by Gasteiger charge is -2.13. The van der Waals surface area contributed by atoms with Gasteiger partial charge in [-0.3, -0.25) is 9.59 Å². The van der Waals surface area contributed by atoms with Gasteiger partial charge in [0.05, 0.1) is 10.9 Å². The van der Waals surface area contributed by atoms with E-state index in [0.29, 0.717) is 12.1 Å². The lowest BCUT2D eigenvalue weighted by molar-refractivity contribution is -0.121. The summed E-state index contributed by atoms with van der Waals surface area (Å²) in [7, 11) is 0. The molecule has 2 amide bonds. The first kappa shape index (κ1) is 10.2. The van der Waals surface area contributed by atoms with Crippen LogP contribution in [0.3, 0.4) is 0 Å². The van der Waals surface area contributed by atoms with Crippen LogP contribution in [0, 0.1) is 0 Å². The van der Waals surface area contributed by atoms with Crippen LogP contribution in [-0.2, 0) is 9.59 Å². The fourth-order valence-corrected chi connectivity index (χ4v) is 2.25. The minimum atomic E-state index is -0.210. The van der Waals surface area contributed by atoms with Gasteiger partial charge in [0.2, 0.25) is 11.8 Å². The second kappa shape index (κ2) is 4.06. The molecule has 1 aromatic rings. The van der Waals surface area contributed by atoms with E-state index in [-0.39, 0.29) is 17.1 Å². The van der Waals surface area contributed by atoms with Gasteiger partial charge in [0.25, 0.3) is 0 Å². The number of nitrogens with zero attached hydrogens (tertiary/aromatic N) is 1. The first-order chi connectivity index (χ1) is 7.24. The van der Waals surface area contributed by atoms with Crippen molar-refractivity contribution < 1.29 is 9.59 Å². The molecule has 15 heavy (non-hydrogen) atoms. The minimum Gasteiger partial charge on any atom is -0.274 e. The van der Waals surface area contributed by atoms with E-state index in [0.717, 1.165) is 0 Å². The third-order valence-corrected chi connectivity index (χ3v) is 3.34. The third kappa shape index (κ3) is 1.77. The van der Waals surface area contributed by atoms with Crippen molar-refractivity contribution in [3.05, 3.63) is 30.3 Å². The van der Waals surface area contributed by atoms with Gasteiger partial charge in [-0.1, -0.05) is 18.2 Å². The highest BCUT2D eigenvalue weighted by Crippen LogP contribution is 2.27. The molecule has 0 aromatic heterocycles. The number of hydrogen-bond acceptors (Lipinski definition) is 3. The number of thioether (sulfide) groups is 1. The van der Waals surface area contributed by atoms with Gasteiger partial charge < -0.3 is 0 Å². The van der Waals surface area contributed by atoms with Crippen LogP contribution in [0.1, 0.15) is 6.42 Å². The number of carbonyl (C=O) groups excluding carboxylic acids is 2. The molecule has 1 aliphatic heterocycles. The Hall–Kier alpha value is -1.29. The van der Waals surface area contributed by atoms with Gasteiger partial charge in [-0.05, 0) is 18.4 Å². The van der Waals surface area contributed by atoms with Crippen LogP contribution in [0.4, 0.5) is 5.69 Å². The summed E-state index contributed by atoms with van der Waals surface area (Å²) in [6, 6.07) is 9.06. The first-order valence-electron chi connectivity index (χ1n) is 4.68. The molecule has 0 spiro atoms. The summed E-state index contributed by atoms with van der Waals surface area (Å²) in [5.74, 6) is -0.204. The van der Waals surface area contributed by atoms with Crippen LogP contribution in [-0.4, -0.2) is 23.3 Å². The van der Waals surface area contributed by atoms with E-state index in [2.05, 4.69) is 0 Å². The Labute approximate surface area is 92.5 Å². The van der Waals surface area contributed by atoms with Crippen LogP contribution in [0.25, 0.3) is 0 Å². The Kier molecular flexibility index (Phi) is 2.77. The van der Waals surface area contributed by atoms with Crippen LogP contribution < -0.4 is 4.90 Å². The lowest BCUT2D eigenvalue weighted by atomic mass is 10.3. The smallest absolute Gasteiger partial charge is 0.247 e. The van der Waals surface area contributed by atoms with Crippen molar-refractivity contribution in [2.24, 2.45) is 0 Å². The Balaban J connectivity index is 2.31. The quantitative estimate of drug-likeness (QED) is 0.713. The number of hydrogen-bond donors (Lipinski definition) is 0. The third-order valence-electron chi connectivity index (χ3n) is 2.40. The average Bonchev–Trinajstić information content (AvgIpc) is 2.55. The number of carbonyl (C=O) groups is 2. The fraction of sp³-hybridized carbons (Fsp3) is 0.273. The molecule has 3 nitrogen and oxygen atoms in total. The molecule has 0 radical (unpaired) electrons. The largest absolute Gasteiger partial charge is 0.274 e. The second-order valence-corrected chi connectivity index (χ2v) is 4.37. The summed E-state index contributed by atoms with van der Waals surface area (Å²) in [6.45, 7) is 0. The molecule has 1 heterocycles. The number of amides is 2. The van der Waals surface area contributed by atoms with Gasteiger partial charge in [-0.2, -0.15) is 11.8 Å². The Morgan fingerprint density at radius 3 is 2.47 bits per heavy atom. The Bertz CT molecular complexity index is 391. The summed E-state index contributed by atoms with van der Waals surface area (Å²) in [6.07, 6.45) is 2.17. The summed E-state index contributed by atoms with van der Waals surface area (Å²) in [5.41, 5.74) is 0.670. The topological polar surface area (TPSA) is 37.4 Å². The molecule has 1 unspecified atom stereocenters. The summed E-state index contributed by atoms with van der Waals surface area (Å²) in [4.78, 5) is 24.8. The zero-order valence-corrected chi connectivity index (χ0v) is 9.16. The van der Waals surface area contributed by atoms with Crippen molar-refractivity contribution in [1.29, 1.82) is 0 Å². The number of anilines is 1. The lowest BCUT2D eigenvalue weighted by Crippen LogP contribution is -2.30. The van der Waals surface area contributed by atoms with Crippen molar-refractivity contribution in [2.75, 3.05) is 11.2 Å². The summed E-state index contributed by atoms with van der Waals surface area (Å²) >= 11 is 1.43. The van der Waals surface area contributed by atoms with E-state index >= 15 is 0 Å². The molecule has 1 saturated heterocycles. The number of imide groups is 1. The van der Waals surface area contributed by atoms with E-state index in [1.165, 1.54) is 16.7 Å². The predicted octanol–water partition coefficient (Wildman–Crippen LogP) is 1.68. The van der Waals surface area contributed by atoms with Crippen molar-refractivity contribution in [3.8, 4) is 0 Å². The molecule has 0 bridgehead atoms. The average molecular weight is 221 g/mol. The van der Waals surface area contributed by atoms with Gasteiger partial charge >= 0.3 is 0 Å². The van der Waals surface area contributed by atoms with E-state index in [4.69, 9.17) is 0 Å². The standard InChI is InChI=1S/C11H11NO2S/c1-15-9-7-10(13)12(11(9)14)8-5-3-2-4-6-8/h2-6,9H,7H2,1H3. The second-order valence-electron chi connectivity index (χ2n) is 3.33. The van der Waals surface area contributed by atoms with Gasteiger partial charge in [0.1, 0.15) is 0 Å². The first-order valence-corrected chi connectivity index (χ1v) is 5.97. The maximum absolute atomic E-state index is 11.8. The maximum Gasteiger partial charge on any atom is 0.247 e. The maximum atomic E-state index is 11.8. The molecule has 78 valence electrons. The molecule has 4 heteroatoms. The Morgan fingerprint density at radius 1 is 1.27 bits per heavy atom. The van der Waals surface area contributed by atoms with E-state index in [1.807, 2.05) is 24.5 Å².